The molecule has 0 saturated carbocycles. The van der Waals surface area contributed by atoms with Crippen LogP contribution in [-0.2, 0) is 24.2 Å². The van der Waals surface area contributed by atoms with E-state index < -0.39 is 0 Å². The summed E-state index contributed by atoms with van der Waals surface area (Å²) in [6, 6.07) is 6.63. The fourth-order valence-electron chi connectivity index (χ4n) is 3.26. The highest BCUT2D eigenvalue weighted by Gasteiger charge is 2.28. The first kappa shape index (κ1) is 17.6. The zero-order chi connectivity index (χ0) is 17.8. The van der Waals surface area contributed by atoms with E-state index in [0.717, 1.165) is 29.9 Å². The Kier molecular flexibility index (Phi) is 5.50. The van der Waals surface area contributed by atoms with Crippen LogP contribution in [0.3, 0.4) is 0 Å². The third-order valence-electron chi connectivity index (χ3n) is 4.42. The average Bonchev–Trinajstić information content (AvgIpc) is 2.90. The summed E-state index contributed by atoms with van der Waals surface area (Å²) < 4.78 is 24.2. The van der Waals surface area contributed by atoms with Gasteiger partial charge < -0.3 is 14.5 Å². The van der Waals surface area contributed by atoms with E-state index in [1.54, 1.807) is 19.2 Å². The fraction of sp³-hybridized carbons (Fsp3) is 0.421. The maximum atomic E-state index is 13.4. The number of methoxy groups -OCH3 is 1. The number of amides is 1. The van der Waals surface area contributed by atoms with Crippen molar-refractivity contribution in [2.75, 3.05) is 26.8 Å². The van der Waals surface area contributed by atoms with Crippen molar-refractivity contribution >= 4 is 5.91 Å². The third kappa shape index (κ3) is 4.08. The largest absolute Gasteiger partial charge is 0.465 e. The summed E-state index contributed by atoms with van der Waals surface area (Å²) in [5.74, 6) is 1.16. The van der Waals surface area contributed by atoms with Crippen LogP contribution in [0.1, 0.15) is 33.0 Å². The number of benzene rings is 1. The lowest BCUT2D eigenvalue weighted by Gasteiger charge is -2.26. The zero-order valence-electron chi connectivity index (χ0n) is 14.6. The molecule has 0 bridgehead atoms. The van der Waals surface area contributed by atoms with Crippen molar-refractivity contribution in [3.8, 4) is 0 Å². The molecule has 0 radical (unpaired) electrons. The van der Waals surface area contributed by atoms with E-state index in [9.17, 15) is 9.18 Å². The molecule has 1 aromatic carbocycles. The summed E-state index contributed by atoms with van der Waals surface area (Å²) in [5, 5.41) is 2.86. The van der Waals surface area contributed by atoms with E-state index in [1.165, 1.54) is 6.07 Å². The minimum absolute atomic E-state index is 0.132. The molecule has 134 valence electrons. The number of ether oxygens (including phenoxy) is 1. The Bertz CT molecular complexity index is 757. The molecular weight excluding hydrogens is 323 g/mol. The summed E-state index contributed by atoms with van der Waals surface area (Å²) in [4.78, 5) is 14.7. The number of carbonyl (C=O) groups excluding carboxylic acids is 1. The number of nitrogens with one attached hydrogen (secondary N) is 1. The van der Waals surface area contributed by atoms with Gasteiger partial charge >= 0.3 is 0 Å². The van der Waals surface area contributed by atoms with Crippen molar-refractivity contribution in [1.82, 2.24) is 10.2 Å². The van der Waals surface area contributed by atoms with Crippen LogP contribution in [0.15, 0.2) is 28.7 Å². The van der Waals surface area contributed by atoms with Crippen molar-refractivity contribution in [3.05, 3.63) is 58.3 Å². The van der Waals surface area contributed by atoms with Crippen molar-refractivity contribution < 1.29 is 18.3 Å². The van der Waals surface area contributed by atoms with Gasteiger partial charge in [-0.2, -0.15) is 0 Å². The molecule has 6 heteroatoms. The number of carbonyl (C=O) groups is 1. The standard InChI is InChI=1S/C19H23FN2O3/c1-13-18(19(23)21-7-9-24-2)16-12-22(8-6-17(16)25-13)11-14-4-3-5-15(20)10-14/h3-5,10H,6-9,11-12H2,1-2H3,(H,21,23). The second kappa shape index (κ2) is 7.80. The monoisotopic (exact) mass is 346 g/mol. The van der Waals surface area contributed by atoms with E-state index in [2.05, 4.69) is 10.2 Å². The normalized spacial score (nSPS) is 14.4. The molecule has 1 aromatic heterocycles. The molecule has 0 atom stereocenters. The van der Waals surface area contributed by atoms with Crippen LogP contribution in [0.5, 0.6) is 0 Å². The first-order valence-corrected chi connectivity index (χ1v) is 8.43. The molecule has 0 aliphatic carbocycles. The van der Waals surface area contributed by atoms with Crippen molar-refractivity contribution in [2.24, 2.45) is 0 Å². The first-order valence-electron chi connectivity index (χ1n) is 8.43. The van der Waals surface area contributed by atoms with Gasteiger partial charge in [0.15, 0.2) is 0 Å². The van der Waals surface area contributed by atoms with Crippen molar-refractivity contribution in [3.63, 3.8) is 0 Å². The summed E-state index contributed by atoms with van der Waals surface area (Å²) >= 11 is 0. The van der Waals surface area contributed by atoms with Crippen LogP contribution in [0.2, 0.25) is 0 Å². The molecule has 25 heavy (non-hydrogen) atoms. The smallest absolute Gasteiger partial charge is 0.255 e. The molecule has 2 heterocycles. The van der Waals surface area contributed by atoms with Crippen LogP contribution in [0, 0.1) is 12.7 Å². The van der Waals surface area contributed by atoms with Gasteiger partial charge in [-0.25, -0.2) is 4.39 Å². The van der Waals surface area contributed by atoms with Gasteiger partial charge in [-0.05, 0) is 24.6 Å². The van der Waals surface area contributed by atoms with Gasteiger partial charge in [0.25, 0.3) is 5.91 Å². The lowest BCUT2D eigenvalue weighted by atomic mass is 10.0. The summed E-state index contributed by atoms with van der Waals surface area (Å²) in [6.07, 6.45) is 0.747. The number of rotatable bonds is 6. The zero-order valence-corrected chi connectivity index (χ0v) is 14.6. The van der Waals surface area contributed by atoms with Gasteiger partial charge in [0.2, 0.25) is 0 Å². The van der Waals surface area contributed by atoms with Crippen LogP contribution in [0.4, 0.5) is 4.39 Å². The predicted molar refractivity (Wildman–Crippen MR) is 91.9 cm³/mol. The Morgan fingerprint density at radius 1 is 1.44 bits per heavy atom. The number of halogens is 1. The number of nitrogens with zero attached hydrogens (tertiary/aromatic N) is 1. The molecule has 0 spiro atoms. The molecule has 0 fully saturated rings. The maximum absolute atomic E-state index is 13.4. The Balaban J connectivity index is 1.74. The van der Waals surface area contributed by atoms with Gasteiger partial charge in [-0.15, -0.1) is 0 Å². The number of hydrogen-bond donors (Lipinski definition) is 1. The molecule has 3 rings (SSSR count). The molecule has 1 aliphatic heterocycles. The highest BCUT2D eigenvalue weighted by atomic mass is 19.1. The average molecular weight is 346 g/mol. The fourth-order valence-corrected chi connectivity index (χ4v) is 3.26. The van der Waals surface area contributed by atoms with Crippen LogP contribution in [-0.4, -0.2) is 37.6 Å². The van der Waals surface area contributed by atoms with Crippen LogP contribution >= 0.6 is 0 Å². The van der Waals surface area contributed by atoms with Crippen molar-refractivity contribution in [1.29, 1.82) is 0 Å². The van der Waals surface area contributed by atoms with Crippen LogP contribution < -0.4 is 5.32 Å². The Morgan fingerprint density at radius 3 is 3.04 bits per heavy atom. The van der Waals surface area contributed by atoms with E-state index >= 15 is 0 Å². The number of furan rings is 1. The highest BCUT2D eigenvalue weighted by Crippen LogP contribution is 2.29. The first-order chi connectivity index (χ1) is 12.1. The molecule has 5 nitrogen and oxygen atoms in total. The summed E-state index contributed by atoms with van der Waals surface area (Å²) in [7, 11) is 1.60. The topological polar surface area (TPSA) is 54.7 Å². The van der Waals surface area contributed by atoms with Gasteiger partial charge in [0.05, 0.1) is 12.2 Å². The lowest BCUT2D eigenvalue weighted by Crippen LogP contribution is -2.32. The minimum Gasteiger partial charge on any atom is -0.465 e. The van der Waals surface area contributed by atoms with Gasteiger partial charge in [0.1, 0.15) is 17.3 Å². The molecule has 1 amide bonds. The van der Waals surface area contributed by atoms with Gasteiger partial charge in [-0.3, -0.25) is 9.69 Å². The number of hydrogen-bond acceptors (Lipinski definition) is 4. The van der Waals surface area contributed by atoms with Crippen molar-refractivity contribution in [2.45, 2.75) is 26.4 Å². The molecule has 0 unspecified atom stereocenters. The maximum Gasteiger partial charge on any atom is 0.255 e. The SMILES string of the molecule is COCCNC(=O)c1c(C)oc2c1CN(Cc1cccc(F)c1)CC2. The molecular formula is C19H23FN2O3. The van der Waals surface area contributed by atoms with Gasteiger partial charge in [-0.1, -0.05) is 12.1 Å². The molecule has 2 aromatic rings. The third-order valence-corrected chi connectivity index (χ3v) is 4.42. The van der Waals surface area contributed by atoms with Crippen LogP contribution in [0.25, 0.3) is 0 Å². The highest BCUT2D eigenvalue weighted by molar-refractivity contribution is 5.97. The summed E-state index contributed by atoms with van der Waals surface area (Å²) in [6.45, 7) is 4.84. The minimum atomic E-state index is -0.229. The quantitative estimate of drug-likeness (QED) is 0.817. The number of aryl methyl sites for hydroxylation is 1. The lowest BCUT2D eigenvalue weighted by molar-refractivity contribution is 0.0933. The predicted octanol–water partition coefficient (Wildman–Crippen LogP) is 2.66. The van der Waals surface area contributed by atoms with E-state index in [-0.39, 0.29) is 11.7 Å². The van der Waals surface area contributed by atoms with E-state index in [1.807, 2.05) is 13.0 Å². The molecule has 0 saturated heterocycles. The second-order valence-corrected chi connectivity index (χ2v) is 6.27. The van der Waals surface area contributed by atoms with E-state index in [0.29, 0.717) is 37.6 Å². The summed E-state index contributed by atoms with van der Waals surface area (Å²) in [5.41, 5.74) is 2.49. The van der Waals surface area contributed by atoms with E-state index in [4.69, 9.17) is 9.15 Å². The Labute approximate surface area is 146 Å². The Hall–Kier alpha value is -2.18. The second-order valence-electron chi connectivity index (χ2n) is 6.27. The molecule has 1 aliphatic rings. The van der Waals surface area contributed by atoms with Gasteiger partial charge in [0, 0.05) is 45.3 Å². The Morgan fingerprint density at radius 2 is 2.28 bits per heavy atom. The molecule has 1 N–H and O–H groups in total. The number of fused-ring (bicyclic) bond motifs is 1.